The molecule has 0 spiro atoms. The van der Waals surface area contributed by atoms with Crippen LogP contribution >= 0.6 is 0 Å². The van der Waals surface area contributed by atoms with E-state index in [-0.39, 0.29) is 6.92 Å². The first-order chi connectivity index (χ1) is 17.4. The highest BCUT2D eigenvalue weighted by Gasteiger charge is 2.43. The predicted octanol–water partition coefficient (Wildman–Crippen LogP) is 6.98. The van der Waals surface area contributed by atoms with Gasteiger partial charge in [0.05, 0.1) is 6.92 Å². The second kappa shape index (κ2) is 9.71. The van der Waals surface area contributed by atoms with Crippen LogP contribution in [-0.4, -0.2) is 5.97 Å². The Bertz CT molecular complexity index is 1210. The second-order valence-corrected chi connectivity index (χ2v) is 6.87. The lowest BCUT2D eigenvalue weighted by Gasteiger charge is -2.31. The van der Waals surface area contributed by atoms with Crippen LogP contribution in [-0.2, 0) is 0 Å². The molecule has 3 aromatic carbocycles. The molecule has 0 saturated carbocycles. The number of ether oxygens (including phenoxy) is 3. The highest BCUT2D eigenvalue weighted by Crippen LogP contribution is 2.38. The first kappa shape index (κ1) is 28.6. The zero-order valence-electron chi connectivity index (χ0n) is 17.4. The number of halogens is 15. The van der Waals surface area contributed by atoms with E-state index in [1.807, 2.05) is 0 Å². The third kappa shape index (κ3) is 4.47. The summed E-state index contributed by atoms with van der Waals surface area (Å²) in [6.45, 7) is -0.110. The average molecular weight is 576 g/mol. The van der Waals surface area contributed by atoms with Crippen LogP contribution in [0.15, 0.2) is 0 Å². The van der Waals surface area contributed by atoms with Gasteiger partial charge < -0.3 is 14.2 Å². The van der Waals surface area contributed by atoms with Crippen molar-refractivity contribution in [1.82, 2.24) is 0 Å². The van der Waals surface area contributed by atoms with E-state index in [9.17, 15) is 65.9 Å². The average Bonchev–Trinajstić information content (AvgIpc) is 2.89. The standard InChI is InChI=1S/C20H3F15O3/c1-20(36-17-11(30)5(24)2(21)6(25)12(17)31,37-18-13(32)7(26)3(22)8(27)14(18)33)38-19-15(34)9(28)4(23)10(29)16(19)35/h1H3. The molecular formula is C20H3F15O3. The Kier molecular flexibility index (Phi) is 7.31. The minimum atomic E-state index is -4.21. The SMILES string of the molecule is CC(Oc1c(F)c(F)c(F)c(F)c1F)(Oc1c(F)c(F)c(F)c(F)c1F)Oc1c(F)c(F)c(F)c(F)c1F. The molecule has 0 aliphatic rings. The molecule has 18 heteroatoms. The van der Waals surface area contributed by atoms with Crippen LogP contribution in [0, 0.1) is 87.3 Å². The molecule has 0 aliphatic heterocycles. The fraction of sp³-hybridized carbons (Fsp3) is 0.100. The van der Waals surface area contributed by atoms with Crippen molar-refractivity contribution >= 4 is 0 Å². The molecule has 0 fully saturated rings. The minimum Gasteiger partial charge on any atom is -0.414 e. The number of rotatable bonds is 6. The van der Waals surface area contributed by atoms with Crippen molar-refractivity contribution in [2.24, 2.45) is 0 Å². The number of benzene rings is 3. The molecule has 0 aromatic heterocycles. The molecule has 0 saturated heterocycles. The van der Waals surface area contributed by atoms with Crippen LogP contribution in [0.1, 0.15) is 6.92 Å². The van der Waals surface area contributed by atoms with Gasteiger partial charge in [-0.15, -0.1) is 0 Å². The molecule has 38 heavy (non-hydrogen) atoms. The van der Waals surface area contributed by atoms with Gasteiger partial charge in [0.1, 0.15) is 0 Å². The molecule has 0 atom stereocenters. The topological polar surface area (TPSA) is 27.7 Å². The monoisotopic (exact) mass is 576 g/mol. The van der Waals surface area contributed by atoms with Gasteiger partial charge in [-0.3, -0.25) is 0 Å². The van der Waals surface area contributed by atoms with Crippen molar-refractivity contribution in [3.05, 3.63) is 87.3 Å². The molecule has 3 rings (SSSR count). The normalized spacial score (nSPS) is 11.7. The molecule has 0 amide bonds. The van der Waals surface area contributed by atoms with Crippen molar-refractivity contribution < 1.29 is 80.1 Å². The quantitative estimate of drug-likeness (QED) is 0.137. The molecule has 3 aromatic rings. The summed E-state index contributed by atoms with van der Waals surface area (Å²) < 4.78 is 218. The van der Waals surface area contributed by atoms with Crippen molar-refractivity contribution in [2.45, 2.75) is 12.9 Å². The molecule has 0 bridgehead atoms. The van der Waals surface area contributed by atoms with E-state index < -0.39 is 110 Å². The predicted molar refractivity (Wildman–Crippen MR) is 89.0 cm³/mol. The zero-order chi connectivity index (χ0) is 29.0. The third-order valence-electron chi connectivity index (χ3n) is 4.37. The fourth-order valence-electron chi connectivity index (χ4n) is 2.64. The smallest absolute Gasteiger partial charge is 0.414 e. The molecule has 0 unspecified atom stereocenters. The summed E-state index contributed by atoms with van der Waals surface area (Å²) in [5.41, 5.74) is 0. The lowest BCUT2D eigenvalue weighted by molar-refractivity contribution is -0.245. The zero-order valence-corrected chi connectivity index (χ0v) is 17.4. The van der Waals surface area contributed by atoms with E-state index in [0.29, 0.717) is 0 Å². The first-order valence-electron chi connectivity index (χ1n) is 9.06. The van der Waals surface area contributed by atoms with Gasteiger partial charge in [0, 0.05) is 0 Å². The van der Waals surface area contributed by atoms with E-state index >= 15 is 0 Å². The van der Waals surface area contributed by atoms with E-state index in [0.717, 1.165) is 0 Å². The summed E-state index contributed by atoms with van der Waals surface area (Å²) >= 11 is 0. The fourth-order valence-corrected chi connectivity index (χ4v) is 2.64. The highest BCUT2D eigenvalue weighted by molar-refractivity contribution is 5.34. The Morgan fingerprint density at radius 2 is 0.421 bits per heavy atom. The van der Waals surface area contributed by atoms with Gasteiger partial charge in [0.15, 0.2) is 0 Å². The van der Waals surface area contributed by atoms with Crippen LogP contribution in [0.2, 0.25) is 0 Å². The van der Waals surface area contributed by atoms with Crippen molar-refractivity contribution in [3.63, 3.8) is 0 Å². The van der Waals surface area contributed by atoms with E-state index in [1.165, 1.54) is 0 Å². The van der Waals surface area contributed by atoms with Crippen molar-refractivity contribution in [2.75, 3.05) is 0 Å². The molecule has 0 aliphatic carbocycles. The largest absolute Gasteiger partial charge is 0.414 e. The summed E-state index contributed by atoms with van der Waals surface area (Å²) in [6, 6.07) is 0. The van der Waals surface area contributed by atoms with Gasteiger partial charge >= 0.3 is 5.97 Å². The maximum Gasteiger partial charge on any atom is 0.414 e. The second-order valence-electron chi connectivity index (χ2n) is 6.87. The summed E-state index contributed by atoms with van der Waals surface area (Å²) in [7, 11) is 0. The van der Waals surface area contributed by atoms with Crippen molar-refractivity contribution in [3.8, 4) is 17.2 Å². The van der Waals surface area contributed by atoms with E-state index in [2.05, 4.69) is 14.2 Å². The Balaban J connectivity index is 2.30. The molecule has 0 radical (unpaired) electrons. The van der Waals surface area contributed by atoms with Gasteiger partial charge in [-0.25, -0.2) is 39.5 Å². The van der Waals surface area contributed by atoms with E-state index in [4.69, 9.17) is 0 Å². The third-order valence-corrected chi connectivity index (χ3v) is 4.37. The van der Waals surface area contributed by atoms with Crippen LogP contribution in [0.3, 0.4) is 0 Å². The van der Waals surface area contributed by atoms with Gasteiger partial charge in [-0.05, 0) is 0 Å². The summed E-state index contributed by atoms with van der Waals surface area (Å²) in [5, 5.41) is 0. The van der Waals surface area contributed by atoms with Crippen LogP contribution in [0.5, 0.6) is 17.2 Å². The lowest BCUT2D eigenvalue weighted by atomic mass is 10.2. The van der Waals surface area contributed by atoms with E-state index in [1.54, 1.807) is 0 Å². The minimum absolute atomic E-state index is 0.110. The molecule has 206 valence electrons. The van der Waals surface area contributed by atoms with Crippen LogP contribution in [0.4, 0.5) is 65.9 Å². The summed E-state index contributed by atoms with van der Waals surface area (Å²) in [4.78, 5) is 0. The van der Waals surface area contributed by atoms with Crippen LogP contribution in [0.25, 0.3) is 0 Å². The lowest BCUT2D eigenvalue weighted by Crippen LogP contribution is -2.47. The van der Waals surface area contributed by atoms with Gasteiger partial charge in [-0.1, -0.05) is 0 Å². The van der Waals surface area contributed by atoms with Crippen molar-refractivity contribution in [1.29, 1.82) is 0 Å². The Morgan fingerprint density at radius 1 is 0.289 bits per heavy atom. The summed E-state index contributed by atoms with van der Waals surface area (Å²) in [6.07, 6.45) is 0. The molecule has 3 nitrogen and oxygen atoms in total. The van der Waals surface area contributed by atoms with Crippen LogP contribution < -0.4 is 14.2 Å². The molecule has 0 heterocycles. The van der Waals surface area contributed by atoms with Gasteiger partial charge in [0.25, 0.3) is 0 Å². The van der Waals surface area contributed by atoms with Gasteiger partial charge in [0.2, 0.25) is 105 Å². The Morgan fingerprint density at radius 3 is 0.579 bits per heavy atom. The first-order valence-corrected chi connectivity index (χ1v) is 9.06. The summed E-state index contributed by atoms with van der Waals surface area (Å²) in [5.74, 6) is -54.3. The van der Waals surface area contributed by atoms with Gasteiger partial charge in [-0.2, -0.15) is 26.3 Å². The highest BCUT2D eigenvalue weighted by atomic mass is 19.2. The Hall–Kier alpha value is -3.99. The maximum atomic E-state index is 14.1. The molecular weight excluding hydrogens is 573 g/mol. The molecule has 0 N–H and O–H groups in total. The maximum absolute atomic E-state index is 14.1. The number of hydrogen-bond acceptors (Lipinski definition) is 3. The Labute approximate surface area is 198 Å². The number of hydrogen-bond donors (Lipinski definition) is 0.